The van der Waals surface area contributed by atoms with Crippen molar-refractivity contribution in [2.24, 2.45) is 4.99 Å². The van der Waals surface area contributed by atoms with Gasteiger partial charge in [-0.15, -0.1) is 0 Å². The standard InChI is InChI=1S/C17H19N/c1-12-5-7-16(14(3)9-12)11-18-17-8-6-13(2)10-15(17)4/h5-11H,1-4H3. The highest BCUT2D eigenvalue weighted by molar-refractivity contribution is 5.84. The Morgan fingerprint density at radius 1 is 0.778 bits per heavy atom. The first-order chi connectivity index (χ1) is 8.56. The number of hydrogen-bond donors (Lipinski definition) is 0. The van der Waals surface area contributed by atoms with Crippen LogP contribution >= 0.6 is 0 Å². The van der Waals surface area contributed by atoms with Gasteiger partial charge in [-0.1, -0.05) is 41.5 Å². The van der Waals surface area contributed by atoms with Gasteiger partial charge in [0.2, 0.25) is 0 Å². The number of rotatable bonds is 2. The van der Waals surface area contributed by atoms with Gasteiger partial charge in [0.25, 0.3) is 0 Å². The average Bonchev–Trinajstić information content (AvgIpc) is 2.30. The molecule has 92 valence electrons. The van der Waals surface area contributed by atoms with E-state index in [9.17, 15) is 0 Å². The summed E-state index contributed by atoms with van der Waals surface area (Å²) in [4.78, 5) is 4.58. The van der Waals surface area contributed by atoms with Gasteiger partial charge in [-0.05, 0) is 50.5 Å². The Morgan fingerprint density at radius 2 is 1.39 bits per heavy atom. The molecule has 0 aliphatic carbocycles. The lowest BCUT2D eigenvalue weighted by molar-refractivity contribution is 1.34. The Bertz CT molecular complexity index is 541. The van der Waals surface area contributed by atoms with Crippen molar-refractivity contribution >= 4 is 11.9 Å². The minimum absolute atomic E-state index is 1.04. The van der Waals surface area contributed by atoms with E-state index in [2.05, 4.69) is 69.1 Å². The highest BCUT2D eigenvalue weighted by Crippen LogP contribution is 2.19. The quantitative estimate of drug-likeness (QED) is 0.673. The molecule has 0 aromatic heterocycles. The molecule has 2 rings (SSSR count). The van der Waals surface area contributed by atoms with Crippen molar-refractivity contribution in [2.45, 2.75) is 27.7 Å². The Labute approximate surface area is 109 Å². The third kappa shape index (κ3) is 2.86. The van der Waals surface area contributed by atoms with Crippen molar-refractivity contribution in [3.63, 3.8) is 0 Å². The molecule has 0 heterocycles. The van der Waals surface area contributed by atoms with E-state index >= 15 is 0 Å². The number of hydrogen-bond acceptors (Lipinski definition) is 1. The van der Waals surface area contributed by atoms with E-state index in [0.29, 0.717) is 0 Å². The molecule has 0 unspecified atom stereocenters. The smallest absolute Gasteiger partial charge is 0.0659 e. The molecule has 0 aliphatic rings. The fourth-order valence-electron chi connectivity index (χ4n) is 2.06. The second kappa shape index (κ2) is 5.18. The first-order valence-electron chi connectivity index (χ1n) is 6.25. The summed E-state index contributed by atoms with van der Waals surface area (Å²) >= 11 is 0. The maximum atomic E-state index is 4.58. The van der Waals surface area contributed by atoms with Gasteiger partial charge >= 0.3 is 0 Å². The van der Waals surface area contributed by atoms with Crippen LogP contribution in [-0.2, 0) is 0 Å². The zero-order chi connectivity index (χ0) is 13.1. The predicted octanol–water partition coefficient (Wildman–Crippen LogP) is 4.67. The SMILES string of the molecule is Cc1ccc(C=Nc2ccc(C)cc2C)c(C)c1. The maximum absolute atomic E-state index is 4.58. The number of nitrogens with zero attached hydrogens (tertiary/aromatic N) is 1. The van der Waals surface area contributed by atoms with Crippen LogP contribution in [0.1, 0.15) is 27.8 Å². The largest absolute Gasteiger partial charge is 0.256 e. The Kier molecular flexibility index (Phi) is 3.61. The molecule has 0 spiro atoms. The summed E-state index contributed by atoms with van der Waals surface area (Å²) in [5, 5.41) is 0. The minimum Gasteiger partial charge on any atom is -0.256 e. The molecule has 0 saturated carbocycles. The molecule has 2 aromatic carbocycles. The lowest BCUT2D eigenvalue weighted by atomic mass is 10.1. The van der Waals surface area contributed by atoms with Crippen LogP contribution in [0.2, 0.25) is 0 Å². The van der Waals surface area contributed by atoms with Crippen molar-refractivity contribution in [1.29, 1.82) is 0 Å². The molecule has 2 aromatic rings. The van der Waals surface area contributed by atoms with Crippen LogP contribution in [0.15, 0.2) is 41.4 Å². The normalized spacial score (nSPS) is 11.1. The number of aryl methyl sites for hydroxylation is 4. The second-order valence-electron chi connectivity index (χ2n) is 4.91. The topological polar surface area (TPSA) is 12.4 Å². The molecule has 0 fully saturated rings. The zero-order valence-corrected chi connectivity index (χ0v) is 11.5. The summed E-state index contributed by atoms with van der Waals surface area (Å²) in [5.74, 6) is 0. The molecule has 0 aliphatic heterocycles. The molecule has 0 bridgehead atoms. The van der Waals surface area contributed by atoms with E-state index in [4.69, 9.17) is 0 Å². The van der Waals surface area contributed by atoms with Gasteiger partial charge in [0.15, 0.2) is 0 Å². The van der Waals surface area contributed by atoms with E-state index in [1.807, 2.05) is 6.21 Å². The number of aliphatic imine (C=N–C) groups is 1. The Morgan fingerprint density at radius 3 is 2.00 bits per heavy atom. The highest BCUT2D eigenvalue weighted by Gasteiger charge is 1.97. The summed E-state index contributed by atoms with van der Waals surface area (Å²) < 4.78 is 0. The fourth-order valence-corrected chi connectivity index (χ4v) is 2.06. The van der Waals surface area contributed by atoms with Crippen molar-refractivity contribution in [3.8, 4) is 0 Å². The van der Waals surface area contributed by atoms with E-state index in [-0.39, 0.29) is 0 Å². The molecule has 1 heteroatoms. The second-order valence-corrected chi connectivity index (χ2v) is 4.91. The van der Waals surface area contributed by atoms with Gasteiger partial charge < -0.3 is 0 Å². The molecular formula is C17H19N. The van der Waals surface area contributed by atoms with Crippen LogP contribution in [0, 0.1) is 27.7 Å². The van der Waals surface area contributed by atoms with E-state index in [1.54, 1.807) is 0 Å². The van der Waals surface area contributed by atoms with Gasteiger partial charge in [-0.3, -0.25) is 4.99 Å². The average molecular weight is 237 g/mol. The summed E-state index contributed by atoms with van der Waals surface area (Å²) in [6.07, 6.45) is 1.95. The molecule has 0 amide bonds. The maximum Gasteiger partial charge on any atom is 0.0659 e. The van der Waals surface area contributed by atoms with Crippen LogP contribution < -0.4 is 0 Å². The summed E-state index contributed by atoms with van der Waals surface area (Å²) in [6.45, 7) is 8.43. The van der Waals surface area contributed by atoms with E-state index in [1.165, 1.54) is 27.8 Å². The first-order valence-corrected chi connectivity index (χ1v) is 6.25. The van der Waals surface area contributed by atoms with Crippen molar-refractivity contribution in [3.05, 3.63) is 64.2 Å². The first kappa shape index (κ1) is 12.6. The number of benzene rings is 2. The van der Waals surface area contributed by atoms with Crippen molar-refractivity contribution in [2.75, 3.05) is 0 Å². The fraction of sp³-hybridized carbons (Fsp3) is 0.235. The molecule has 0 saturated heterocycles. The lowest BCUT2D eigenvalue weighted by Gasteiger charge is -2.03. The third-order valence-electron chi connectivity index (χ3n) is 3.12. The zero-order valence-electron chi connectivity index (χ0n) is 11.5. The van der Waals surface area contributed by atoms with Crippen molar-refractivity contribution < 1.29 is 0 Å². The molecule has 0 atom stereocenters. The molecule has 1 nitrogen and oxygen atoms in total. The summed E-state index contributed by atoms with van der Waals surface area (Å²) in [6, 6.07) is 12.8. The summed E-state index contributed by atoms with van der Waals surface area (Å²) in [5.41, 5.74) is 7.27. The molecule has 0 radical (unpaired) electrons. The van der Waals surface area contributed by atoms with Crippen LogP contribution in [0.3, 0.4) is 0 Å². The van der Waals surface area contributed by atoms with Gasteiger partial charge in [0.05, 0.1) is 5.69 Å². The molecule has 18 heavy (non-hydrogen) atoms. The van der Waals surface area contributed by atoms with Gasteiger partial charge in [-0.2, -0.15) is 0 Å². The van der Waals surface area contributed by atoms with Crippen LogP contribution in [0.25, 0.3) is 0 Å². The van der Waals surface area contributed by atoms with Crippen LogP contribution in [-0.4, -0.2) is 6.21 Å². The summed E-state index contributed by atoms with van der Waals surface area (Å²) in [7, 11) is 0. The van der Waals surface area contributed by atoms with E-state index in [0.717, 1.165) is 5.69 Å². The van der Waals surface area contributed by atoms with Gasteiger partial charge in [0, 0.05) is 6.21 Å². The van der Waals surface area contributed by atoms with Gasteiger partial charge in [0.1, 0.15) is 0 Å². The molecule has 0 N–H and O–H groups in total. The Hall–Kier alpha value is -1.89. The lowest BCUT2D eigenvalue weighted by Crippen LogP contribution is -1.88. The minimum atomic E-state index is 1.04. The molecular weight excluding hydrogens is 218 g/mol. The van der Waals surface area contributed by atoms with Gasteiger partial charge in [-0.25, -0.2) is 0 Å². The Balaban J connectivity index is 2.30. The third-order valence-corrected chi connectivity index (χ3v) is 3.12. The monoisotopic (exact) mass is 237 g/mol. The van der Waals surface area contributed by atoms with E-state index < -0.39 is 0 Å². The predicted molar refractivity (Wildman–Crippen MR) is 79.1 cm³/mol. The van der Waals surface area contributed by atoms with Crippen LogP contribution in [0.5, 0.6) is 0 Å². The van der Waals surface area contributed by atoms with Crippen LogP contribution in [0.4, 0.5) is 5.69 Å². The van der Waals surface area contributed by atoms with Crippen molar-refractivity contribution in [1.82, 2.24) is 0 Å². The highest BCUT2D eigenvalue weighted by atomic mass is 14.7.